The summed E-state index contributed by atoms with van der Waals surface area (Å²) in [6.07, 6.45) is 4.37. The van der Waals surface area contributed by atoms with E-state index in [1.807, 2.05) is 84.0 Å². The number of rotatable bonds is 10. The van der Waals surface area contributed by atoms with Crippen molar-refractivity contribution in [1.29, 1.82) is 0 Å². The van der Waals surface area contributed by atoms with Gasteiger partial charge in [0.05, 0.1) is 24.8 Å². The van der Waals surface area contributed by atoms with Crippen LogP contribution in [0.1, 0.15) is 28.1 Å². The van der Waals surface area contributed by atoms with E-state index in [0.29, 0.717) is 36.0 Å². The quantitative estimate of drug-likeness (QED) is 0.309. The largest absolute Gasteiger partial charge is 0.550 e. The van der Waals surface area contributed by atoms with Crippen LogP contribution in [-0.2, 0) is 42.6 Å². The number of carboxylic acid groups (broad SMARTS) is 1. The number of thiazole rings is 1. The van der Waals surface area contributed by atoms with E-state index in [2.05, 4.69) is 5.32 Å². The predicted molar refractivity (Wildman–Crippen MR) is 144 cm³/mol. The van der Waals surface area contributed by atoms with E-state index in [1.54, 1.807) is 7.11 Å². The van der Waals surface area contributed by atoms with Crippen LogP contribution in [0.25, 0.3) is 11.3 Å². The van der Waals surface area contributed by atoms with Crippen LogP contribution >= 0.6 is 11.3 Å². The number of fused-ring (bicyclic) bond motifs is 1. The number of carbonyl (C=O) groups excluding carboxylic acids is 2. The van der Waals surface area contributed by atoms with Crippen LogP contribution in [0.4, 0.5) is 0 Å². The summed E-state index contributed by atoms with van der Waals surface area (Å²) in [7, 11) is 3.57. The molecule has 4 aromatic rings. The van der Waals surface area contributed by atoms with E-state index >= 15 is 0 Å². The minimum Gasteiger partial charge on any atom is -0.550 e. The molecule has 0 aliphatic heterocycles. The number of hydrogen-bond acceptors (Lipinski definition) is 7. The first-order chi connectivity index (χ1) is 18.8. The van der Waals surface area contributed by atoms with Gasteiger partial charge in [-0.25, -0.2) is 9.55 Å². The van der Waals surface area contributed by atoms with Crippen LogP contribution in [-0.4, -0.2) is 24.0 Å². The molecule has 2 aromatic carbocycles. The van der Waals surface area contributed by atoms with Crippen molar-refractivity contribution in [3.8, 4) is 22.8 Å². The summed E-state index contributed by atoms with van der Waals surface area (Å²) in [5, 5.41) is 17.1. The molecule has 0 fully saturated rings. The van der Waals surface area contributed by atoms with Crippen LogP contribution in [0.5, 0.6) is 11.5 Å². The molecule has 1 N–H and O–H groups in total. The van der Waals surface area contributed by atoms with E-state index in [0.717, 1.165) is 27.9 Å². The minimum absolute atomic E-state index is 0.201. The molecule has 200 valence electrons. The molecular formula is C30H29N3O5S. The Hall–Kier alpha value is -4.24. The number of carboxylic acids is 1. The zero-order valence-electron chi connectivity index (χ0n) is 21.8. The van der Waals surface area contributed by atoms with Crippen molar-refractivity contribution in [2.45, 2.75) is 32.4 Å². The number of nitrogens with one attached hydrogen (secondary N) is 1. The third kappa shape index (κ3) is 5.93. The lowest BCUT2D eigenvalue weighted by Gasteiger charge is -2.28. The van der Waals surface area contributed by atoms with Gasteiger partial charge < -0.3 is 24.7 Å². The van der Waals surface area contributed by atoms with Gasteiger partial charge in [-0.1, -0.05) is 24.3 Å². The number of carbonyl (C=O) groups is 2. The standard InChI is InChI=1S/C30H29N3O5S/c1-33-11-9-20(10-12-33)18-38-23-7-8-24(26(13-23)37-2)25-19-39-27(32-25)17-31-29(36)30(16-28(34)35)14-21-5-3-4-6-22(21)15-30/h3-13,19H,14-18H2,1-2H3,(H-,31,34,35,36). The van der Waals surface area contributed by atoms with Gasteiger partial charge in [0, 0.05) is 47.1 Å². The molecule has 9 heteroatoms. The van der Waals surface area contributed by atoms with Gasteiger partial charge in [0.2, 0.25) is 5.91 Å². The minimum atomic E-state index is -1.23. The van der Waals surface area contributed by atoms with Gasteiger partial charge in [-0.15, -0.1) is 11.3 Å². The molecule has 5 rings (SSSR count). The van der Waals surface area contributed by atoms with Crippen molar-refractivity contribution in [2.24, 2.45) is 12.5 Å². The van der Waals surface area contributed by atoms with Crippen LogP contribution in [0.2, 0.25) is 0 Å². The van der Waals surface area contributed by atoms with Gasteiger partial charge in [0.15, 0.2) is 12.4 Å². The first kappa shape index (κ1) is 26.4. The molecule has 0 saturated heterocycles. The van der Waals surface area contributed by atoms with Gasteiger partial charge in [0.1, 0.15) is 30.2 Å². The Morgan fingerprint density at radius 2 is 1.82 bits per heavy atom. The van der Waals surface area contributed by atoms with E-state index in [9.17, 15) is 14.7 Å². The van der Waals surface area contributed by atoms with Crippen LogP contribution in [0.15, 0.2) is 72.4 Å². The molecule has 1 aliphatic carbocycles. The molecular weight excluding hydrogens is 514 g/mol. The van der Waals surface area contributed by atoms with Crippen molar-refractivity contribution in [2.75, 3.05) is 7.11 Å². The van der Waals surface area contributed by atoms with Crippen molar-refractivity contribution in [3.05, 3.63) is 94.1 Å². The number of hydrogen-bond donors (Lipinski definition) is 1. The predicted octanol–water partition coefficient (Wildman–Crippen LogP) is 2.76. The van der Waals surface area contributed by atoms with Crippen molar-refractivity contribution >= 4 is 23.2 Å². The Morgan fingerprint density at radius 1 is 1.10 bits per heavy atom. The highest BCUT2D eigenvalue weighted by atomic mass is 32.1. The van der Waals surface area contributed by atoms with Crippen LogP contribution in [0.3, 0.4) is 0 Å². The Balaban J connectivity index is 1.25. The maximum absolute atomic E-state index is 13.3. The molecule has 39 heavy (non-hydrogen) atoms. The Morgan fingerprint density at radius 3 is 2.49 bits per heavy atom. The molecule has 8 nitrogen and oxygen atoms in total. The first-order valence-corrected chi connectivity index (χ1v) is 13.5. The molecule has 2 aromatic heterocycles. The summed E-state index contributed by atoms with van der Waals surface area (Å²) < 4.78 is 13.5. The van der Waals surface area contributed by atoms with Crippen molar-refractivity contribution in [1.82, 2.24) is 10.3 Å². The van der Waals surface area contributed by atoms with Crippen LogP contribution < -0.4 is 24.5 Å². The number of aromatic nitrogens is 2. The van der Waals surface area contributed by atoms with Gasteiger partial charge in [0.25, 0.3) is 0 Å². The summed E-state index contributed by atoms with van der Waals surface area (Å²) in [4.78, 5) is 29.5. The fraction of sp³-hybridized carbons (Fsp3) is 0.267. The highest BCUT2D eigenvalue weighted by Crippen LogP contribution is 2.40. The monoisotopic (exact) mass is 543 g/mol. The molecule has 1 amide bonds. The smallest absolute Gasteiger partial charge is 0.227 e. The van der Waals surface area contributed by atoms with Gasteiger partial charge >= 0.3 is 0 Å². The molecule has 0 spiro atoms. The maximum Gasteiger partial charge on any atom is 0.227 e. The number of aliphatic carboxylic acids is 1. The van der Waals surface area contributed by atoms with E-state index < -0.39 is 11.4 Å². The van der Waals surface area contributed by atoms with E-state index in [-0.39, 0.29) is 18.9 Å². The fourth-order valence-electron chi connectivity index (χ4n) is 4.96. The van der Waals surface area contributed by atoms with Gasteiger partial charge in [-0.2, -0.15) is 0 Å². The number of ether oxygens (including phenoxy) is 2. The fourth-order valence-corrected chi connectivity index (χ4v) is 5.70. The average molecular weight is 544 g/mol. The zero-order chi connectivity index (χ0) is 27.4. The van der Waals surface area contributed by atoms with Crippen LogP contribution in [0, 0.1) is 5.41 Å². The van der Waals surface area contributed by atoms with Crippen molar-refractivity contribution < 1.29 is 28.7 Å². The number of nitrogens with zero attached hydrogens (tertiary/aromatic N) is 2. The molecule has 2 heterocycles. The number of aryl methyl sites for hydroxylation is 1. The third-order valence-corrected chi connectivity index (χ3v) is 7.84. The molecule has 0 saturated carbocycles. The number of benzene rings is 2. The Labute approximate surface area is 230 Å². The second-order valence-corrected chi connectivity index (χ2v) is 10.7. The summed E-state index contributed by atoms with van der Waals surface area (Å²) in [5.41, 5.74) is 3.54. The normalized spacial score (nSPS) is 13.5. The number of amides is 1. The molecule has 0 radical (unpaired) electrons. The number of methoxy groups -OCH3 is 1. The van der Waals surface area contributed by atoms with Gasteiger partial charge in [-0.3, -0.25) is 4.79 Å². The Bertz CT molecular complexity index is 1470. The second kappa shape index (κ2) is 11.2. The second-order valence-electron chi connectivity index (χ2n) is 9.78. The third-order valence-electron chi connectivity index (χ3n) is 6.99. The average Bonchev–Trinajstić information content (AvgIpc) is 3.56. The lowest BCUT2D eigenvalue weighted by Crippen LogP contribution is -2.45. The van der Waals surface area contributed by atoms with Crippen molar-refractivity contribution in [3.63, 3.8) is 0 Å². The molecule has 0 atom stereocenters. The highest BCUT2D eigenvalue weighted by Gasteiger charge is 2.43. The zero-order valence-corrected chi connectivity index (χ0v) is 22.6. The summed E-state index contributed by atoms with van der Waals surface area (Å²) in [6.45, 7) is 0.640. The summed E-state index contributed by atoms with van der Waals surface area (Å²) in [6, 6.07) is 17.3. The first-order valence-electron chi connectivity index (χ1n) is 12.6. The summed E-state index contributed by atoms with van der Waals surface area (Å²) in [5.74, 6) is -0.218. The maximum atomic E-state index is 13.3. The summed E-state index contributed by atoms with van der Waals surface area (Å²) >= 11 is 1.42. The van der Waals surface area contributed by atoms with Gasteiger partial charge in [-0.05, 0) is 36.1 Å². The lowest BCUT2D eigenvalue weighted by molar-refractivity contribution is -0.671. The molecule has 0 unspecified atom stereocenters. The van der Waals surface area contributed by atoms with E-state index in [1.165, 1.54) is 11.3 Å². The Kier molecular flexibility index (Phi) is 7.60. The number of pyridine rings is 1. The molecule has 0 bridgehead atoms. The lowest BCUT2D eigenvalue weighted by atomic mass is 9.80. The highest BCUT2D eigenvalue weighted by molar-refractivity contribution is 7.09. The topological polar surface area (TPSA) is 104 Å². The van der Waals surface area contributed by atoms with E-state index in [4.69, 9.17) is 14.5 Å². The molecule has 1 aliphatic rings. The SMILES string of the molecule is COc1cc(OCc2cc[n+](C)cc2)ccc1-c1csc(CNC(=O)C2(CC(=O)[O-])Cc3ccccc3C2)n1.